The molecule has 1 fully saturated rings. The van der Waals surface area contributed by atoms with Crippen LogP contribution < -0.4 is 4.74 Å². The lowest BCUT2D eigenvalue weighted by molar-refractivity contribution is 0.109. The third-order valence-corrected chi connectivity index (χ3v) is 4.97. The van der Waals surface area contributed by atoms with Crippen molar-refractivity contribution in [1.82, 2.24) is 4.90 Å². The van der Waals surface area contributed by atoms with Crippen LogP contribution in [0.1, 0.15) is 42.4 Å². The Kier molecular flexibility index (Phi) is 5.89. The molecule has 2 aromatic carbocycles. The van der Waals surface area contributed by atoms with Crippen molar-refractivity contribution in [3.63, 3.8) is 0 Å². The Bertz CT molecular complexity index is 605. The average Bonchev–Trinajstić information content (AvgIpc) is 2.67. The molecule has 1 saturated heterocycles. The summed E-state index contributed by atoms with van der Waals surface area (Å²) in [5.74, 6) is 0.899. The fourth-order valence-corrected chi connectivity index (χ4v) is 3.54. The minimum atomic E-state index is -0.514. The van der Waals surface area contributed by atoms with Gasteiger partial charge in [-0.2, -0.15) is 0 Å². The van der Waals surface area contributed by atoms with E-state index in [1.54, 1.807) is 7.11 Å². The SMILES string of the molecule is COc1ccc([C@H](O)[C@H](CN2CCCCC2)c2ccccc2)cc1. The van der Waals surface area contributed by atoms with Crippen molar-refractivity contribution in [2.24, 2.45) is 0 Å². The quantitative estimate of drug-likeness (QED) is 0.871. The number of piperidine rings is 1. The molecule has 1 heterocycles. The molecule has 3 nitrogen and oxygen atoms in total. The maximum atomic E-state index is 11.1. The van der Waals surface area contributed by atoms with E-state index in [1.807, 2.05) is 30.3 Å². The Morgan fingerprint density at radius 3 is 2.21 bits per heavy atom. The Hall–Kier alpha value is -1.84. The van der Waals surface area contributed by atoms with E-state index in [9.17, 15) is 5.11 Å². The predicted octanol–water partition coefficient (Wildman–Crippen LogP) is 4.00. The minimum Gasteiger partial charge on any atom is -0.497 e. The zero-order chi connectivity index (χ0) is 16.8. The van der Waals surface area contributed by atoms with Gasteiger partial charge in [0, 0.05) is 12.5 Å². The molecule has 0 aliphatic carbocycles. The monoisotopic (exact) mass is 325 g/mol. The molecule has 0 saturated carbocycles. The van der Waals surface area contributed by atoms with Crippen LogP contribution in [0.15, 0.2) is 54.6 Å². The van der Waals surface area contributed by atoms with Gasteiger partial charge in [-0.05, 0) is 49.2 Å². The van der Waals surface area contributed by atoms with Crippen LogP contribution in [0.4, 0.5) is 0 Å². The molecule has 0 bridgehead atoms. The Labute approximate surface area is 144 Å². The first kappa shape index (κ1) is 17.0. The van der Waals surface area contributed by atoms with Gasteiger partial charge >= 0.3 is 0 Å². The topological polar surface area (TPSA) is 32.7 Å². The maximum absolute atomic E-state index is 11.1. The third-order valence-electron chi connectivity index (χ3n) is 4.97. The summed E-state index contributed by atoms with van der Waals surface area (Å²) in [6, 6.07) is 18.2. The van der Waals surface area contributed by atoms with E-state index in [0.717, 1.165) is 30.9 Å². The molecule has 1 aliphatic heterocycles. The molecule has 0 spiro atoms. The largest absolute Gasteiger partial charge is 0.497 e. The summed E-state index contributed by atoms with van der Waals surface area (Å²) in [4.78, 5) is 2.49. The number of methoxy groups -OCH3 is 1. The fourth-order valence-electron chi connectivity index (χ4n) is 3.54. The van der Waals surface area contributed by atoms with Crippen molar-refractivity contribution in [3.8, 4) is 5.75 Å². The molecule has 3 rings (SSSR count). The van der Waals surface area contributed by atoms with Crippen LogP contribution >= 0.6 is 0 Å². The lowest BCUT2D eigenvalue weighted by Gasteiger charge is -2.33. The van der Waals surface area contributed by atoms with Crippen molar-refractivity contribution in [3.05, 3.63) is 65.7 Å². The molecule has 3 heteroatoms. The molecule has 1 aliphatic rings. The normalized spacial score (nSPS) is 18.1. The van der Waals surface area contributed by atoms with Gasteiger partial charge in [0.25, 0.3) is 0 Å². The van der Waals surface area contributed by atoms with E-state index >= 15 is 0 Å². The fraction of sp³-hybridized carbons (Fsp3) is 0.429. The first-order chi connectivity index (χ1) is 11.8. The van der Waals surface area contributed by atoms with Crippen LogP contribution in [-0.4, -0.2) is 36.8 Å². The average molecular weight is 325 g/mol. The molecule has 1 N–H and O–H groups in total. The summed E-state index contributed by atoms with van der Waals surface area (Å²) in [5.41, 5.74) is 2.15. The Balaban J connectivity index is 1.82. The lowest BCUT2D eigenvalue weighted by Crippen LogP contribution is -2.35. The van der Waals surface area contributed by atoms with E-state index in [0.29, 0.717) is 0 Å². The van der Waals surface area contributed by atoms with Gasteiger partial charge in [-0.15, -0.1) is 0 Å². The number of rotatable bonds is 6. The smallest absolute Gasteiger partial charge is 0.118 e. The van der Waals surface area contributed by atoms with Gasteiger partial charge in [0.15, 0.2) is 0 Å². The second-order valence-electron chi connectivity index (χ2n) is 6.60. The molecule has 24 heavy (non-hydrogen) atoms. The van der Waals surface area contributed by atoms with E-state index in [-0.39, 0.29) is 5.92 Å². The number of nitrogens with zero attached hydrogens (tertiary/aromatic N) is 1. The molecule has 0 amide bonds. The zero-order valence-corrected chi connectivity index (χ0v) is 14.4. The van der Waals surface area contributed by atoms with Crippen molar-refractivity contribution in [1.29, 1.82) is 0 Å². The first-order valence-corrected chi connectivity index (χ1v) is 8.87. The van der Waals surface area contributed by atoms with Gasteiger partial charge in [-0.1, -0.05) is 48.9 Å². The van der Waals surface area contributed by atoms with Crippen molar-refractivity contribution in [2.75, 3.05) is 26.7 Å². The van der Waals surface area contributed by atoms with Gasteiger partial charge in [-0.25, -0.2) is 0 Å². The van der Waals surface area contributed by atoms with Gasteiger partial charge in [0.2, 0.25) is 0 Å². The highest BCUT2D eigenvalue weighted by Gasteiger charge is 2.26. The molecular weight excluding hydrogens is 298 g/mol. The summed E-state index contributed by atoms with van der Waals surface area (Å²) in [5, 5.41) is 11.1. The molecule has 0 aromatic heterocycles. The second-order valence-corrected chi connectivity index (χ2v) is 6.60. The van der Waals surface area contributed by atoms with Crippen LogP contribution in [-0.2, 0) is 0 Å². The molecule has 2 atom stereocenters. The van der Waals surface area contributed by atoms with E-state index in [2.05, 4.69) is 29.2 Å². The van der Waals surface area contributed by atoms with E-state index in [1.165, 1.54) is 24.8 Å². The Morgan fingerprint density at radius 1 is 0.917 bits per heavy atom. The van der Waals surface area contributed by atoms with Crippen LogP contribution in [0.25, 0.3) is 0 Å². The zero-order valence-electron chi connectivity index (χ0n) is 14.4. The number of benzene rings is 2. The Morgan fingerprint density at radius 2 is 1.58 bits per heavy atom. The van der Waals surface area contributed by atoms with Crippen molar-refractivity contribution < 1.29 is 9.84 Å². The van der Waals surface area contributed by atoms with Gasteiger partial charge < -0.3 is 14.7 Å². The summed E-state index contributed by atoms with van der Waals surface area (Å²) >= 11 is 0. The lowest BCUT2D eigenvalue weighted by atomic mass is 9.88. The van der Waals surface area contributed by atoms with Gasteiger partial charge in [-0.3, -0.25) is 0 Å². The predicted molar refractivity (Wildman–Crippen MR) is 97.4 cm³/mol. The summed E-state index contributed by atoms with van der Waals surface area (Å²) in [6.45, 7) is 3.18. The number of aliphatic hydroxyl groups excluding tert-OH is 1. The van der Waals surface area contributed by atoms with E-state index < -0.39 is 6.10 Å². The van der Waals surface area contributed by atoms with Crippen molar-refractivity contribution >= 4 is 0 Å². The number of hydrogen-bond donors (Lipinski definition) is 1. The minimum absolute atomic E-state index is 0.0812. The molecule has 2 aromatic rings. The number of likely N-dealkylation sites (tertiary alicyclic amines) is 1. The molecular formula is C21H27NO2. The van der Waals surface area contributed by atoms with E-state index in [4.69, 9.17) is 4.74 Å². The molecule has 128 valence electrons. The van der Waals surface area contributed by atoms with Crippen LogP contribution in [0.3, 0.4) is 0 Å². The number of ether oxygens (including phenoxy) is 1. The van der Waals surface area contributed by atoms with Crippen LogP contribution in [0.5, 0.6) is 5.75 Å². The molecule has 0 radical (unpaired) electrons. The maximum Gasteiger partial charge on any atom is 0.118 e. The number of aliphatic hydroxyl groups is 1. The highest BCUT2D eigenvalue weighted by Crippen LogP contribution is 2.33. The first-order valence-electron chi connectivity index (χ1n) is 8.87. The highest BCUT2D eigenvalue weighted by atomic mass is 16.5. The van der Waals surface area contributed by atoms with Crippen molar-refractivity contribution in [2.45, 2.75) is 31.3 Å². The van der Waals surface area contributed by atoms with Gasteiger partial charge in [0.1, 0.15) is 5.75 Å². The number of hydrogen-bond acceptors (Lipinski definition) is 3. The highest BCUT2D eigenvalue weighted by molar-refractivity contribution is 5.32. The van der Waals surface area contributed by atoms with Crippen LogP contribution in [0.2, 0.25) is 0 Å². The third kappa shape index (κ3) is 4.16. The van der Waals surface area contributed by atoms with Crippen LogP contribution in [0, 0.1) is 0 Å². The summed E-state index contributed by atoms with van der Waals surface area (Å²) in [7, 11) is 1.66. The standard InChI is InChI=1S/C21H27NO2/c1-24-19-12-10-18(11-13-19)21(23)20(17-8-4-2-5-9-17)16-22-14-6-3-7-15-22/h2,4-5,8-13,20-21,23H,3,6-7,14-16H2,1H3/t20-,21+/m1/s1. The summed E-state index contributed by atoms with van der Waals surface area (Å²) < 4.78 is 5.23. The molecule has 0 unspecified atom stereocenters. The van der Waals surface area contributed by atoms with Gasteiger partial charge in [0.05, 0.1) is 13.2 Å². The second kappa shape index (κ2) is 8.32. The summed E-state index contributed by atoms with van der Waals surface area (Å²) in [6.07, 6.45) is 3.34.